The number of halogens is 8. The van der Waals surface area contributed by atoms with Crippen LogP contribution in [0.25, 0.3) is 0 Å². The third kappa shape index (κ3) is 2.70. The molecular weight excluding hydrogens is 344 g/mol. The number of carbonyl (C=O) groups excluding carboxylic acids is 1. The standard InChI is InChI=1S/C11H9F8N2O2/c1-5-3-4-6(20(5)2)7(22)21(23)11(18,19)10(16,17)9(14,15)8(12)13/h3-4,8H,1-2H3/q+1. The van der Waals surface area contributed by atoms with Gasteiger partial charge in [0.2, 0.25) is 0 Å². The predicted octanol–water partition coefficient (Wildman–Crippen LogP) is 3.38. The zero-order valence-electron chi connectivity index (χ0n) is 11.5. The highest BCUT2D eigenvalue weighted by atomic mass is 19.4. The maximum atomic E-state index is 13.3. The lowest BCUT2D eigenvalue weighted by molar-refractivity contribution is -0.663. The van der Waals surface area contributed by atoms with E-state index in [0.29, 0.717) is 0 Å². The van der Waals surface area contributed by atoms with E-state index in [9.17, 15) is 44.8 Å². The molecule has 0 unspecified atom stereocenters. The molecule has 0 radical (unpaired) electrons. The highest BCUT2D eigenvalue weighted by molar-refractivity contribution is 5.86. The van der Waals surface area contributed by atoms with E-state index in [2.05, 4.69) is 0 Å². The molecule has 23 heavy (non-hydrogen) atoms. The molecule has 0 aliphatic rings. The Morgan fingerprint density at radius 1 is 1.13 bits per heavy atom. The van der Waals surface area contributed by atoms with E-state index < -0.39 is 40.7 Å². The van der Waals surface area contributed by atoms with E-state index in [1.54, 1.807) is 0 Å². The Labute approximate surface area is 123 Å². The number of nitroso groups, excluding NO2 is 1. The Morgan fingerprint density at radius 3 is 1.96 bits per heavy atom. The van der Waals surface area contributed by atoms with Crippen molar-refractivity contribution in [3.8, 4) is 0 Å². The molecule has 0 aliphatic carbocycles. The van der Waals surface area contributed by atoms with Crippen LogP contribution in [-0.4, -0.2) is 39.6 Å². The smallest absolute Gasteiger partial charge is 0.340 e. The SMILES string of the molecule is Cc1ccc(C(=O)[N+](=O)C(F)(F)C(F)(F)C(F)(F)C(F)F)n1C. The number of aryl methyl sites for hydroxylation is 1. The van der Waals surface area contributed by atoms with E-state index in [1.807, 2.05) is 0 Å². The maximum absolute atomic E-state index is 13.3. The van der Waals surface area contributed by atoms with Crippen LogP contribution in [-0.2, 0) is 7.05 Å². The fourth-order valence-corrected chi connectivity index (χ4v) is 1.52. The molecule has 0 aromatic carbocycles. The monoisotopic (exact) mass is 353 g/mol. The summed E-state index contributed by atoms with van der Waals surface area (Å²) in [4.78, 5) is 22.7. The minimum absolute atomic E-state index is 0.259. The first kappa shape index (κ1) is 19.0. The molecule has 1 amide bonds. The lowest BCUT2D eigenvalue weighted by Gasteiger charge is -2.25. The summed E-state index contributed by atoms with van der Waals surface area (Å²) in [5.41, 5.74) is -0.553. The lowest BCUT2D eigenvalue weighted by atomic mass is 10.1. The Kier molecular flexibility index (Phi) is 4.61. The normalized spacial score (nSPS) is 13.5. The third-order valence-corrected chi connectivity index (χ3v) is 3.10. The molecule has 1 heterocycles. The first-order valence-electron chi connectivity index (χ1n) is 5.75. The van der Waals surface area contributed by atoms with E-state index in [4.69, 9.17) is 0 Å². The van der Waals surface area contributed by atoms with Gasteiger partial charge in [-0.15, -0.1) is 8.78 Å². The highest BCUT2D eigenvalue weighted by Crippen LogP contribution is 2.48. The van der Waals surface area contributed by atoms with Crippen LogP contribution in [0.4, 0.5) is 35.1 Å². The van der Waals surface area contributed by atoms with E-state index in [1.165, 1.54) is 6.92 Å². The number of amides is 1. The van der Waals surface area contributed by atoms with Crippen molar-refractivity contribution in [2.45, 2.75) is 31.2 Å². The molecule has 12 heteroatoms. The number of nitrogens with zero attached hydrogens (tertiary/aromatic N) is 2. The van der Waals surface area contributed by atoms with E-state index >= 15 is 0 Å². The fraction of sp³-hybridized carbons (Fsp3) is 0.545. The fourth-order valence-electron chi connectivity index (χ4n) is 1.52. The second kappa shape index (κ2) is 5.57. The molecule has 0 atom stereocenters. The maximum Gasteiger partial charge on any atom is 0.582 e. The largest absolute Gasteiger partial charge is 0.582 e. The lowest BCUT2D eigenvalue weighted by Crippen LogP contribution is -2.62. The number of rotatable bonds is 5. The Morgan fingerprint density at radius 2 is 1.61 bits per heavy atom. The van der Waals surface area contributed by atoms with Gasteiger partial charge >= 0.3 is 30.2 Å². The van der Waals surface area contributed by atoms with Gasteiger partial charge in [-0.1, -0.05) is 0 Å². The molecule has 1 aromatic rings. The topological polar surface area (TPSA) is 42.1 Å². The summed E-state index contributed by atoms with van der Waals surface area (Å²) in [6, 6.07) is -4.44. The van der Waals surface area contributed by atoms with Crippen LogP contribution < -0.4 is 0 Å². The van der Waals surface area contributed by atoms with Gasteiger partial charge in [0.15, 0.2) is 10.5 Å². The van der Waals surface area contributed by atoms with Crippen molar-refractivity contribution in [2.24, 2.45) is 7.05 Å². The van der Waals surface area contributed by atoms with Crippen LogP contribution in [0, 0.1) is 11.8 Å². The molecule has 0 spiro atoms. The second-order valence-electron chi connectivity index (χ2n) is 4.56. The average molecular weight is 353 g/mol. The first-order chi connectivity index (χ1) is 10.2. The molecule has 130 valence electrons. The summed E-state index contributed by atoms with van der Waals surface area (Å²) in [7, 11) is 1.11. The first-order valence-corrected chi connectivity index (χ1v) is 5.75. The zero-order valence-corrected chi connectivity index (χ0v) is 11.5. The van der Waals surface area contributed by atoms with Crippen LogP contribution in [0.15, 0.2) is 12.1 Å². The van der Waals surface area contributed by atoms with Gasteiger partial charge in [0, 0.05) is 17.6 Å². The van der Waals surface area contributed by atoms with E-state index in [0.717, 1.165) is 23.7 Å². The Bertz CT molecular complexity index is 638. The van der Waals surface area contributed by atoms with Crippen molar-refractivity contribution < 1.29 is 44.7 Å². The summed E-state index contributed by atoms with van der Waals surface area (Å²) in [5, 5.41) is 0. The van der Waals surface area contributed by atoms with Crippen LogP contribution in [0.5, 0.6) is 0 Å². The average Bonchev–Trinajstić information content (AvgIpc) is 2.76. The number of carbonyl (C=O) groups is 1. The van der Waals surface area contributed by atoms with Gasteiger partial charge in [-0.25, -0.2) is 13.6 Å². The van der Waals surface area contributed by atoms with Gasteiger partial charge in [0.25, 0.3) is 0 Å². The molecule has 0 saturated heterocycles. The number of aromatic nitrogens is 1. The number of alkyl halides is 8. The van der Waals surface area contributed by atoms with Gasteiger partial charge in [-0.2, -0.15) is 17.6 Å². The van der Waals surface area contributed by atoms with Crippen LogP contribution in [0.2, 0.25) is 0 Å². The van der Waals surface area contributed by atoms with Gasteiger partial charge in [-0.3, -0.25) is 0 Å². The number of hydrogen-bond acceptors (Lipinski definition) is 2. The van der Waals surface area contributed by atoms with Gasteiger partial charge in [0.05, 0.1) is 0 Å². The van der Waals surface area contributed by atoms with Crippen LogP contribution in [0.3, 0.4) is 0 Å². The third-order valence-electron chi connectivity index (χ3n) is 3.10. The van der Waals surface area contributed by atoms with Crippen molar-refractivity contribution in [2.75, 3.05) is 0 Å². The Balaban J connectivity index is 3.29. The molecular formula is C11H9F8N2O2+. The van der Waals surface area contributed by atoms with Crippen molar-refractivity contribution in [1.29, 1.82) is 0 Å². The van der Waals surface area contributed by atoms with Crippen molar-refractivity contribution in [3.63, 3.8) is 0 Å². The molecule has 0 bridgehead atoms. The molecule has 1 aromatic heterocycles. The quantitative estimate of drug-likeness (QED) is 0.463. The summed E-state index contributed by atoms with van der Waals surface area (Å²) in [6.07, 6.45) is -5.18. The molecule has 0 saturated carbocycles. The minimum Gasteiger partial charge on any atom is -0.340 e. The van der Waals surface area contributed by atoms with Crippen LogP contribution in [0.1, 0.15) is 16.2 Å². The summed E-state index contributed by atoms with van der Waals surface area (Å²) >= 11 is 0. The summed E-state index contributed by atoms with van der Waals surface area (Å²) < 4.78 is 101. The van der Waals surface area contributed by atoms with Crippen molar-refractivity contribution >= 4 is 5.91 Å². The van der Waals surface area contributed by atoms with Crippen LogP contribution >= 0.6 is 0 Å². The minimum atomic E-state index is -6.79. The van der Waals surface area contributed by atoms with Gasteiger partial charge < -0.3 is 4.57 Å². The molecule has 4 nitrogen and oxygen atoms in total. The second-order valence-corrected chi connectivity index (χ2v) is 4.56. The summed E-state index contributed by atoms with van der Waals surface area (Å²) in [6.45, 7) is 1.36. The van der Waals surface area contributed by atoms with Gasteiger partial charge in [-0.05, 0) is 19.1 Å². The van der Waals surface area contributed by atoms with Crippen molar-refractivity contribution in [1.82, 2.24) is 4.57 Å². The molecule has 1 rings (SSSR count). The van der Waals surface area contributed by atoms with E-state index in [-0.39, 0.29) is 5.69 Å². The molecule has 0 aliphatic heterocycles. The predicted molar refractivity (Wildman–Crippen MR) is 59.0 cm³/mol. The summed E-state index contributed by atoms with van der Waals surface area (Å²) in [5.74, 6) is -15.6. The highest BCUT2D eigenvalue weighted by Gasteiger charge is 2.85. The molecule has 0 fully saturated rings. The zero-order chi connectivity index (χ0) is 18.4. The van der Waals surface area contributed by atoms with Gasteiger partial charge in [0.1, 0.15) is 0 Å². The van der Waals surface area contributed by atoms with Crippen molar-refractivity contribution in [3.05, 3.63) is 28.4 Å². The Hall–Kier alpha value is -2.01. The number of hydrogen-bond donors (Lipinski definition) is 0. The molecule has 0 N–H and O–H groups in total.